The third kappa shape index (κ3) is 4.71. The number of rotatable bonds is 4. The number of amides is 3. The van der Waals surface area contributed by atoms with Gasteiger partial charge in [-0.25, -0.2) is 4.79 Å². The van der Waals surface area contributed by atoms with Crippen molar-refractivity contribution >= 4 is 11.9 Å². The summed E-state index contributed by atoms with van der Waals surface area (Å²) in [7, 11) is 1.62. The summed E-state index contributed by atoms with van der Waals surface area (Å²) in [4.78, 5) is 25.8. The smallest absolute Gasteiger partial charge is 0.317 e. The second kappa shape index (κ2) is 7.99. The topological polar surface area (TPSA) is 61.4 Å². The van der Waals surface area contributed by atoms with Crippen LogP contribution in [0.2, 0.25) is 0 Å². The van der Waals surface area contributed by atoms with E-state index >= 15 is 0 Å². The monoisotopic (exact) mass is 317 g/mol. The van der Waals surface area contributed by atoms with Gasteiger partial charge in [0, 0.05) is 31.7 Å². The molecule has 1 aliphatic heterocycles. The number of carbonyl (C=O) groups is 2. The first-order valence-electron chi connectivity index (χ1n) is 8.36. The molecule has 0 aliphatic carbocycles. The average Bonchev–Trinajstić information content (AvgIpc) is 2.54. The summed E-state index contributed by atoms with van der Waals surface area (Å²) >= 11 is 0. The van der Waals surface area contributed by atoms with Crippen molar-refractivity contribution in [3.05, 3.63) is 35.4 Å². The standard InChI is InChI=1S/C18H27N3O2/c1-13-8-10-21(14(2)11-13)18(23)20-9-7-15-5-4-6-16(12-15)17(22)19-3/h4-6,12-14H,7-11H2,1-3H3,(H,19,22)(H,20,23)/t13-,14+/m1/s1. The zero-order valence-electron chi connectivity index (χ0n) is 14.3. The summed E-state index contributed by atoms with van der Waals surface area (Å²) in [6, 6.07) is 7.83. The number of nitrogens with one attached hydrogen (secondary N) is 2. The second-order valence-electron chi connectivity index (χ2n) is 6.43. The van der Waals surface area contributed by atoms with Gasteiger partial charge in [0.05, 0.1) is 0 Å². The molecule has 3 amide bonds. The molecule has 1 aromatic carbocycles. The molecule has 0 unspecified atom stereocenters. The number of nitrogens with zero attached hydrogens (tertiary/aromatic N) is 1. The quantitative estimate of drug-likeness (QED) is 0.896. The summed E-state index contributed by atoms with van der Waals surface area (Å²) < 4.78 is 0. The second-order valence-corrected chi connectivity index (χ2v) is 6.43. The van der Waals surface area contributed by atoms with Crippen LogP contribution in [0.1, 0.15) is 42.6 Å². The van der Waals surface area contributed by atoms with Gasteiger partial charge in [0.2, 0.25) is 0 Å². The van der Waals surface area contributed by atoms with Crippen molar-refractivity contribution in [3.63, 3.8) is 0 Å². The van der Waals surface area contributed by atoms with Crippen molar-refractivity contribution in [1.82, 2.24) is 15.5 Å². The van der Waals surface area contributed by atoms with E-state index in [9.17, 15) is 9.59 Å². The van der Waals surface area contributed by atoms with Gasteiger partial charge in [-0.3, -0.25) is 4.79 Å². The lowest BCUT2D eigenvalue weighted by Gasteiger charge is -2.36. The maximum absolute atomic E-state index is 12.3. The van der Waals surface area contributed by atoms with Gasteiger partial charge in [0.15, 0.2) is 0 Å². The lowest BCUT2D eigenvalue weighted by Crippen LogP contribution is -2.49. The van der Waals surface area contributed by atoms with Crippen LogP contribution in [0.3, 0.4) is 0 Å². The summed E-state index contributed by atoms with van der Waals surface area (Å²) in [6.07, 6.45) is 2.86. The maximum atomic E-state index is 12.3. The molecule has 126 valence electrons. The molecular weight excluding hydrogens is 290 g/mol. The first kappa shape index (κ1) is 17.3. The van der Waals surface area contributed by atoms with E-state index in [1.165, 1.54) is 0 Å². The zero-order chi connectivity index (χ0) is 16.8. The zero-order valence-corrected chi connectivity index (χ0v) is 14.3. The highest BCUT2D eigenvalue weighted by Gasteiger charge is 2.26. The van der Waals surface area contributed by atoms with Crippen LogP contribution >= 0.6 is 0 Å². The number of hydrogen-bond acceptors (Lipinski definition) is 2. The number of likely N-dealkylation sites (tertiary alicyclic amines) is 1. The molecule has 23 heavy (non-hydrogen) atoms. The highest BCUT2D eigenvalue weighted by atomic mass is 16.2. The fourth-order valence-corrected chi connectivity index (χ4v) is 3.14. The number of carbonyl (C=O) groups excluding carboxylic acids is 2. The number of piperidine rings is 1. The minimum atomic E-state index is -0.0906. The van der Waals surface area contributed by atoms with E-state index in [0.29, 0.717) is 24.1 Å². The van der Waals surface area contributed by atoms with Crippen LogP contribution in [-0.2, 0) is 6.42 Å². The van der Waals surface area contributed by atoms with Crippen LogP contribution in [0.25, 0.3) is 0 Å². The summed E-state index contributed by atoms with van der Waals surface area (Å²) in [6.45, 7) is 5.77. The van der Waals surface area contributed by atoms with E-state index in [0.717, 1.165) is 31.4 Å². The molecular formula is C18H27N3O2. The van der Waals surface area contributed by atoms with Crippen LogP contribution in [0, 0.1) is 5.92 Å². The van der Waals surface area contributed by atoms with E-state index in [-0.39, 0.29) is 11.9 Å². The Balaban J connectivity index is 1.83. The summed E-state index contributed by atoms with van der Waals surface area (Å²) in [5.41, 5.74) is 1.70. The molecule has 2 N–H and O–H groups in total. The summed E-state index contributed by atoms with van der Waals surface area (Å²) in [5.74, 6) is 0.605. The minimum absolute atomic E-state index is 0.0202. The number of urea groups is 1. The molecule has 5 nitrogen and oxygen atoms in total. The van der Waals surface area contributed by atoms with Crippen molar-refractivity contribution in [3.8, 4) is 0 Å². The van der Waals surface area contributed by atoms with Crippen LogP contribution in [0.4, 0.5) is 4.79 Å². The highest BCUT2D eigenvalue weighted by molar-refractivity contribution is 5.94. The fourth-order valence-electron chi connectivity index (χ4n) is 3.14. The van der Waals surface area contributed by atoms with E-state index in [2.05, 4.69) is 24.5 Å². The van der Waals surface area contributed by atoms with Crippen molar-refractivity contribution in [1.29, 1.82) is 0 Å². The Labute approximate surface area is 138 Å². The fraction of sp³-hybridized carbons (Fsp3) is 0.556. The van der Waals surface area contributed by atoms with Gasteiger partial charge in [-0.2, -0.15) is 0 Å². The van der Waals surface area contributed by atoms with Gasteiger partial charge < -0.3 is 15.5 Å². The SMILES string of the molecule is CNC(=O)c1cccc(CCNC(=O)N2CC[C@@H](C)C[C@@H]2C)c1. The number of hydrogen-bond donors (Lipinski definition) is 2. The van der Waals surface area contributed by atoms with Gasteiger partial charge >= 0.3 is 6.03 Å². The van der Waals surface area contributed by atoms with Crippen LogP contribution in [-0.4, -0.2) is 43.0 Å². The van der Waals surface area contributed by atoms with Gasteiger partial charge in [-0.15, -0.1) is 0 Å². The molecule has 0 aromatic heterocycles. The van der Waals surface area contributed by atoms with Crippen molar-refractivity contribution < 1.29 is 9.59 Å². The van der Waals surface area contributed by atoms with Crippen molar-refractivity contribution in [2.75, 3.05) is 20.1 Å². The Kier molecular flexibility index (Phi) is 6.02. The Bertz CT molecular complexity index is 559. The Morgan fingerprint density at radius 3 is 2.78 bits per heavy atom. The molecule has 0 radical (unpaired) electrons. The first-order valence-corrected chi connectivity index (χ1v) is 8.36. The largest absolute Gasteiger partial charge is 0.355 e. The molecule has 0 saturated carbocycles. The average molecular weight is 317 g/mol. The molecule has 5 heteroatoms. The van der Waals surface area contributed by atoms with Gasteiger partial charge in [0.25, 0.3) is 5.91 Å². The minimum Gasteiger partial charge on any atom is -0.355 e. The van der Waals surface area contributed by atoms with E-state index in [4.69, 9.17) is 0 Å². The van der Waals surface area contributed by atoms with Gasteiger partial charge in [-0.05, 0) is 49.8 Å². The van der Waals surface area contributed by atoms with Crippen molar-refractivity contribution in [2.45, 2.75) is 39.2 Å². The highest BCUT2D eigenvalue weighted by Crippen LogP contribution is 2.21. The molecule has 1 saturated heterocycles. The van der Waals surface area contributed by atoms with E-state index < -0.39 is 0 Å². The molecule has 2 rings (SSSR count). The van der Waals surface area contributed by atoms with Gasteiger partial charge in [0.1, 0.15) is 0 Å². The summed E-state index contributed by atoms with van der Waals surface area (Å²) in [5, 5.41) is 5.61. The molecule has 0 bridgehead atoms. The predicted molar refractivity (Wildman–Crippen MR) is 91.5 cm³/mol. The van der Waals surface area contributed by atoms with E-state index in [1.54, 1.807) is 13.1 Å². The van der Waals surface area contributed by atoms with E-state index in [1.807, 2.05) is 23.1 Å². The molecule has 1 fully saturated rings. The lowest BCUT2D eigenvalue weighted by atomic mass is 9.94. The third-order valence-corrected chi connectivity index (χ3v) is 4.51. The Morgan fingerprint density at radius 2 is 2.09 bits per heavy atom. The molecule has 2 atom stereocenters. The van der Waals surface area contributed by atoms with Crippen LogP contribution < -0.4 is 10.6 Å². The third-order valence-electron chi connectivity index (χ3n) is 4.51. The normalized spacial score (nSPS) is 20.9. The molecule has 1 heterocycles. The Hall–Kier alpha value is -2.04. The van der Waals surface area contributed by atoms with Crippen LogP contribution in [0.15, 0.2) is 24.3 Å². The molecule has 1 aliphatic rings. The lowest BCUT2D eigenvalue weighted by molar-refractivity contribution is 0.0963. The predicted octanol–water partition coefficient (Wildman–Crippen LogP) is 2.42. The maximum Gasteiger partial charge on any atom is 0.317 e. The van der Waals surface area contributed by atoms with Crippen LogP contribution in [0.5, 0.6) is 0 Å². The molecule has 1 aromatic rings. The number of benzene rings is 1. The molecule has 0 spiro atoms. The van der Waals surface area contributed by atoms with Crippen molar-refractivity contribution in [2.24, 2.45) is 5.92 Å². The Morgan fingerprint density at radius 1 is 1.30 bits per heavy atom. The van der Waals surface area contributed by atoms with Gasteiger partial charge in [-0.1, -0.05) is 19.1 Å². The first-order chi connectivity index (χ1) is 11.0.